The maximum Gasteiger partial charge on any atom is 0.0687 e. The maximum atomic E-state index is 4.06. The first-order valence-electron chi connectivity index (χ1n) is 3.80. The fourth-order valence-electron chi connectivity index (χ4n) is 0.830. The van der Waals surface area contributed by atoms with Crippen molar-refractivity contribution in [3.05, 3.63) is 23.5 Å². The Kier molecular flexibility index (Phi) is 1.94. The highest BCUT2D eigenvalue weighted by Gasteiger charge is 2.15. The van der Waals surface area contributed by atoms with Gasteiger partial charge in [-0.2, -0.15) is 10.2 Å². The van der Waals surface area contributed by atoms with Crippen molar-refractivity contribution in [3.8, 4) is 0 Å². The molecule has 0 amide bonds. The molecule has 0 aromatic carbocycles. The molecule has 1 aromatic heterocycles. The second kappa shape index (κ2) is 2.61. The van der Waals surface area contributed by atoms with Gasteiger partial charge in [-0.1, -0.05) is 20.8 Å². The molecule has 0 N–H and O–H groups in total. The molecule has 1 rings (SSSR count). The Bertz CT molecular complexity index is 248. The summed E-state index contributed by atoms with van der Waals surface area (Å²) in [7, 11) is 0. The van der Waals surface area contributed by atoms with Crippen LogP contribution in [0.4, 0.5) is 0 Å². The first kappa shape index (κ1) is 8.18. The van der Waals surface area contributed by atoms with E-state index in [9.17, 15) is 0 Å². The Morgan fingerprint density at radius 2 is 1.91 bits per heavy atom. The van der Waals surface area contributed by atoms with E-state index in [0.717, 1.165) is 5.69 Å². The number of hydrogen-bond donors (Lipinski definition) is 0. The highest BCUT2D eigenvalue weighted by atomic mass is 15.1. The van der Waals surface area contributed by atoms with Crippen LogP contribution in [0, 0.1) is 6.92 Å². The summed E-state index contributed by atoms with van der Waals surface area (Å²) in [6.07, 6.45) is 1.77. The molecule has 0 atom stereocenters. The third-order valence-corrected chi connectivity index (χ3v) is 1.56. The zero-order valence-corrected chi connectivity index (χ0v) is 7.55. The zero-order valence-electron chi connectivity index (χ0n) is 7.55. The number of hydrogen-bond acceptors (Lipinski definition) is 2. The van der Waals surface area contributed by atoms with Crippen LogP contribution in [0.3, 0.4) is 0 Å². The number of rotatable bonds is 0. The molecular formula is C9H14N2. The van der Waals surface area contributed by atoms with Crippen molar-refractivity contribution >= 4 is 0 Å². The summed E-state index contributed by atoms with van der Waals surface area (Å²) in [6, 6.07) is 2.08. The minimum absolute atomic E-state index is 0.110. The molecule has 0 bridgehead atoms. The summed E-state index contributed by atoms with van der Waals surface area (Å²) in [5, 5.41) is 7.96. The number of aryl methyl sites for hydroxylation is 1. The second-order valence-corrected chi connectivity index (χ2v) is 3.87. The van der Waals surface area contributed by atoms with Gasteiger partial charge in [-0.15, -0.1) is 0 Å². The van der Waals surface area contributed by atoms with Gasteiger partial charge < -0.3 is 0 Å². The average Bonchev–Trinajstić information content (AvgIpc) is 1.86. The quantitative estimate of drug-likeness (QED) is 0.566. The molecule has 2 heteroatoms. The van der Waals surface area contributed by atoms with Crippen LogP contribution < -0.4 is 0 Å². The molecule has 0 aliphatic carbocycles. The van der Waals surface area contributed by atoms with Crippen molar-refractivity contribution in [3.63, 3.8) is 0 Å². The fraction of sp³-hybridized carbons (Fsp3) is 0.556. The highest BCUT2D eigenvalue weighted by Crippen LogP contribution is 2.19. The molecule has 0 saturated carbocycles. The Balaban J connectivity index is 3.06. The fourth-order valence-corrected chi connectivity index (χ4v) is 0.830. The molecule has 1 aromatic rings. The van der Waals surface area contributed by atoms with Crippen molar-refractivity contribution in [2.45, 2.75) is 33.1 Å². The van der Waals surface area contributed by atoms with Gasteiger partial charge in [0.15, 0.2) is 0 Å². The molecule has 0 aliphatic rings. The molecule has 2 nitrogen and oxygen atoms in total. The first-order chi connectivity index (χ1) is 5.00. The van der Waals surface area contributed by atoms with Gasteiger partial charge in [-0.25, -0.2) is 0 Å². The Labute approximate surface area is 67.7 Å². The van der Waals surface area contributed by atoms with Crippen molar-refractivity contribution in [2.75, 3.05) is 0 Å². The van der Waals surface area contributed by atoms with Crippen molar-refractivity contribution in [1.29, 1.82) is 0 Å². The molecule has 0 unspecified atom stereocenters. The minimum Gasteiger partial charge on any atom is -0.159 e. The van der Waals surface area contributed by atoms with Gasteiger partial charge in [0.05, 0.1) is 11.9 Å². The minimum atomic E-state index is 0.110. The van der Waals surface area contributed by atoms with E-state index in [0.29, 0.717) is 0 Å². The SMILES string of the molecule is Cc1cnnc(C(C)(C)C)c1. The number of nitrogens with zero attached hydrogens (tertiary/aromatic N) is 2. The standard InChI is InChI=1S/C9H14N2/c1-7-5-8(9(2,3)4)11-10-6-7/h5-6H,1-4H3. The zero-order chi connectivity index (χ0) is 8.48. The van der Waals surface area contributed by atoms with Gasteiger partial charge in [0.1, 0.15) is 0 Å². The predicted octanol–water partition coefficient (Wildman–Crippen LogP) is 2.08. The van der Waals surface area contributed by atoms with Crippen LogP contribution in [0.25, 0.3) is 0 Å². The van der Waals surface area contributed by atoms with Gasteiger partial charge in [0.25, 0.3) is 0 Å². The molecule has 0 spiro atoms. The van der Waals surface area contributed by atoms with Crippen molar-refractivity contribution in [2.24, 2.45) is 0 Å². The van der Waals surface area contributed by atoms with Gasteiger partial charge in [-0.05, 0) is 18.6 Å². The highest BCUT2D eigenvalue weighted by molar-refractivity contribution is 5.16. The van der Waals surface area contributed by atoms with E-state index in [-0.39, 0.29) is 5.41 Å². The Morgan fingerprint density at radius 1 is 1.27 bits per heavy atom. The van der Waals surface area contributed by atoms with E-state index in [1.165, 1.54) is 5.56 Å². The summed E-state index contributed by atoms with van der Waals surface area (Å²) < 4.78 is 0. The van der Waals surface area contributed by atoms with Crippen LogP contribution in [-0.4, -0.2) is 10.2 Å². The van der Waals surface area contributed by atoms with Gasteiger partial charge in [0.2, 0.25) is 0 Å². The summed E-state index contributed by atoms with van der Waals surface area (Å²) in [4.78, 5) is 0. The van der Waals surface area contributed by atoms with Gasteiger partial charge in [0, 0.05) is 5.41 Å². The van der Waals surface area contributed by atoms with Crippen LogP contribution in [0.1, 0.15) is 32.0 Å². The van der Waals surface area contributed by atoms with Gasteiger partial charge in [-0.3, -0.25) is 0 Å². The van der Waals surface area contributed by atoms with Crippen molar-refractivity contribution in [1.82, 2.24) is 10.2 Å². The molecule has 0 saturated heterocycles. The second-order valence-electron chi connectivity index (χ2n) is 3.87. The van der Waals surface area contributed by atoms with E-state index in [1.807, 2.05) is 6.92 Å². The van der Waals surface area contributed by atoms with Crippen LogP contribution in [0.2, 0.25) is 0 Å². The normalized spacial score (nSPS) is 11.6. The average molecular weight is 150 g/mol. The largest absolute Gasteiger partial charge is 0.159 e. The lowest BCUT2D eigenvalue weighted by Gasteiger charge is -2.16. The van der Waals surface area contributed by atoms with Crippen LogP contribution >= 0.6 is 0 Å². The Hall–Kier alpha value is -0.920. The summed E-state index contributed by atoms with van der Waals surface area (Å²) in [5.74, 6) is 0. The smallest absolute Gasteiger partial charge is 0.0687 e. The number of aromatic nitrogens is 2. The lowest BCUT2D eigenvalue weighted by Crippen LogP contribution is -2.14. The molecule has 0 aliphatic heterocycles. The predicted molar refractivity (Wildman–Crippen MR) is 45.5 cm³/mol. The molecule has 0 fully saturated rings. The summed E-state index contributed by atoms with van der Waals surface area (Å²) >= 11 is 0. The third-order valence-electron chi connectivity index (χ3n) is 1.56. The molecule has 11 heavy (non-hydrogen) atoms. The van der Waals surface area contributed by atoms with Crippen LogP contribution in [0.5, 0.6) is 0 Å². The first-order valence-corrected chi connectivity index (χ1v) is 3.80. The lowest BCUT2D eigenvalue weighted by molar-refractivity contribution is 0.557. The van der Waals surface area contributed by atoms with E-state index in [2.05, 4.69) is 37.0 Å². The topological polar surface area (TPSA) is 25.8 Å². The van der Waals surface area contributed by atoms with Crippen LogP contribution in [0.15, 0.2) is 12.3 Å². The van der Waals surface area contributed by atoms with Crippen LogP contribution in [-0.2, 0) is 5.41 Å². The monoisotopic (exact) mass is 150 g/mol. The van der Waals surface area contributed by atoms with E-state index < -0.39 is 0 Å². The molecule has 1 heterocycles. The third kappa shape index (κ3) is 2.00. The van der Waals surface area contributed by atoms with E-state index in [4.69, 9.17) is 0 Å². The van der Waals surface area contributed by atoms with E-state index >= 15 is 0 Å². The van der Waals surface area contributed by atoms with E-state index in [1.54, 1.807) is 6.20 Å². The molecule has 0 radical (unpaired) electrons. The lowest BCUT2D eigenvalue weighted by atomic mass is 9.91. The van der Waals surface area contributed by atoms with Gasteiger partial charge >= 0.3 is 0 Å². The summed E-state index contributed by atoms with van der Waals surface area (Å²) in [6.45, 7) is 8.44. The summed E-state index contributed by atoms with van der Waals surface area (Å²) in [5.41, 5.74) is 2.33. The molecule has 60 valence electrons. The Morgan fingerprint density at radius 3 is 2.27 bits per heavy atom. The van der Waals surface area contributed by atoms with Crippen molar-refractivity contribution < 1.29 is 0 Å². The molecular weight excluding hydrogens is 136 g/mol. The maximum absolute atomic E-state index is 4.06.